The lowest BCUT2D eigenvalue weighted by Crippen LogP contribution is -2.18. The Morgan fingerprint density at radius 3 is 2.79 bits per heavy atom. The van der Waals surface area contributed by atoms with Gasteiger partial charge in [-0.1, -0.05) is 29.8 Å². The molecule has 0 aliphatic heterocycles. The monoisotopic (exact) mass is 277 g/mol. The third-order valence-corrected chi connectivity index (χ3v) is 3.78. The molecule has 0 bridgehead atoms. The summed E-state index contributed by atoms with van der Waals surface area (Å²) >= 11 is 6.30. The van der Waals surface area contributed by atoms with E-state index in [2.05, 4.69) is 20.9 Å². The summed E-state index contributed by atoms with van der Waals surface area (Å²) in [4.78, 5) is 4.37. The molecular weight excluding hydrogens is 258 g/mol. The molecule has 4 heteroatoms. The van der Waals surface area contributed by atoms with Crippen molar-refractivity contribution in [3.63, 3.8) is 0 Å². The van der Waals surface area contributed by atoms with Crippen molar-refractivity contribution in [2.45, 2.75) is 18.8 Å². The standard InChI is InChI=1S/C15H20ClN3/c1-17-11-12(13-5-3-4-6-14(13)16)7-8-15-18-9-10-19(15)2/h3-6,9-10,12,17H,7-8,11H2,1-2H3. The van der Waals surface area contributed by atoms with Crippen molar-refractivity contribution >= 4 is 11.6 Å². The topological polar surface area (TPSA) is 29.9 Å². The van der Waals surface area contributed by atoms with E-state index in [1.165, 1.54) is 5.56 Å². The predicted molar refractivity (Wildman–Crippen MR) is 79.6 cm³/mol. The number of halogens is 1. The van der Waals surface area contributed by atoms with E-state index in [1.54, 1.807) is 0 Å². The Morgan fingerprint density at radius 1 is 1.37 bits per heavy atom. The van der Waals surface area contributed by atoms with Gasteiger partial charge < -0.3 is 9.88 Å². The van der Waals surface area contributed by atoms with E-state index < -0.39 is 0 Å². The zero-order valence-electron chi connectivity index (χ0n) is 11.4. The Hall–Kier alpha value is -1.32. The fourth-order valence-electron chi connectivity index (χ4n) is 2.36. The smallest absolute Gasteiger partial charge is 0.108 e. The molecule has 1 aromatic heterocycles. The number of imidazole rings is 1. The second-order valence-corrected chi connectivity index (χ2v) is 5.18. The van der Waals surface area contributed by atoms with Gasteiger partial charge in [-0.05, 0) is 31.0 Å². The van der Waals surface area contributed by atoms with Gasteiger partial charge in [0.25, 0.3) is 0 Å². The summed E-state index contributed by atoms with van der Waals surface area (Å²) in [6.45, 7) is 0.925. The highest BCUT2D eigenvalue weighted by Gasteiger charge is 2.14. The van der Waals surface area contributed by atoms with Crippen LogP contribution < -0.4 is 5.32 Å². The average molecular weight is 278 g/mol. The van der Waals surface area contributed by atoms with Gasteiger partial charge in [-0.3, -0.25) is 0 Å². The molecule has 2 rings (SSSR count). The number of nitrogens with one attached hydrogen (secondary N) is 1. The second kappa shape index (κ2) is 6.73. The van der Waals surface area contributed by atoms with Crippen molar-refractivity contribution in [1.29, 1.82) is 0 Å². The number of nitrogens with zero attached hydrogens (tertiary/aromatic N) is 2. The number of aryl methyl sites for hydroxylation is 2. The maximum Gasteiger partial charge on any atom is 0.108 e. The highest BCUT2D eigenvalue weighted by Crippen LogP contribution is 2.27. The summed E-state index contributed by atoms with van der Waals surface area (Å²) in [5.74, 6) is 1.53. The minimum Gasteiger partial charge on any atom is -0.338 e. The quantitative estimate of drug-likeness (QED) is 0.880. The van der Waals surface area contributed by atoms with Crippen LogP contribution in [0.15, 0.2) is 36.7 Å². The Kier molecular flexibility index (Phi) is 5.00. The number of aromatic nitrogens is 2. The maximum absolute atomic E-state index is 6.30. The van der Waals surface area contributed by atoms with E-state index in [4.69, 9.17) is 11.6 Å². The third kappa shape index (κ3) is 3.58. The van der Waals surface area contributed by atoms with Gasteiger partial charge in [0.15, 0.2) is 0 Å². The molecule has 102 valence electrons. The molecule has 1 heterocycles. The van der Waals surface area contributed by atoms with Crippen molar-refractivity contribution in [3.05, 3.63) is 53.1 Å². The molecule has 3 nitrogen and oxygen atoms in total. The van der Waals surface area contributed by atoms with Gasteiger partial charge in [0.1, 0.15) is 5.82 Å². The van der Waals surface area contributed by atoms with Gasteiger partial charge >= 0.3 is 0 Å². The SMILES string of the molecule is CNCC(CCc1nccn1C)c1ccccc1Cl. The summed E-state index contributed by atoms with van der Waals surface area (Å²) in [7, 11) is 4.01. The Bertz CT molecular complexity index is 522. The minimum atomic E-state index is 0.412. The summed E-state index contributed by atoms with van der Waals surface area (Å²) in [6.07, 6.45) is 5.83. The van der Waals surface area contributed by atoms with E-state index in [9.17, 15) is 0 Å². The van der Waals surface area contributed by atoms with Gasteiger partial charge in [-0.25, -0.2) is 4.98 Å². The summed E-state index contributed by atoms with van der Waals surface area (Å²) in [6, 6.07) is 8.09. The number of benzene rings is 1. The van der Waals surface area contributed by atoms with Crippen LogP contribution in [0.1, 0.15) is 23.7 Å². The molecule has 2 aromatic rings. The first-order valence-corrected chi connectivity index (χ1v) is 6.95. The molecule has 1 N–H and O–H groups in total. The molecule has 0 spiro atoms. The zero-order valence-corrected chi connectivity index (χ0v) is 12.2. The van der Waals surface area contributed by atoms with Crippen LogP contribution in [0.2, 0.25) is 5.02 Å². The lowest BCUT2D eigenvalue weighted by molar-refractivity contribution is 0.568. The van der Waals surface area contributed by atoms with Crippen LogP contribution in [0.3, 0.4) is 0 Å². The van der Waals surface area contributed by atoms with Gasteiger partial charge in [-0.2, -0.15) is 0 Å². The summed E-state index contributed by atoms with van der Waals surface area (Å²) in [5, 5.41) is 4.10. The molecule has 0 radical (unpaired) electrons. The molecule has 0 saturated carbocycles. The number of hydrogen-bond donors (Lipinski definition) is 1. The van der Waals surface area contributed by atoms with Crippen LogP contribution in [-0.2, 0) is 13.5 Å². The van der Waals surface area contributed by atoms with Crippen LogP contribution >= 0.6 is 11.6 Å². The van der Waals surface area contributed by atoms with E-state index >= 15 is 0 Å². The molecule has 1 unspecified atom stereocenters. The van der Waals surface area contributed by atoms with Crippen molar-refractivity contribution in [1.82, 2.24) is 14.9 Å². The first kappa shape index (κ1) is 14.1. The van der Waals surface area contributed by atoms with Crippen LogP contribution in [0.25, 0.3) is 0 Å². The van der Waals surface area contributed by atoms with Crippen LogP contribution in [0.5, 0.6) is 0 Å². The Labute approximate surface area is 119 Å². The Balaban J connectivity index is 2.09. The number of hydrogen-bond acceptors (Lipinski definition) is 2. The largest absolute Gasteiger partial charge is 0.338 e. The maximum atomic E-state index is 6.30. The molecule has 19 heavy (non-hydrogen) atoms. The zero-order chi connectivity index (χ0) is 13.7. The molecule has 0 aliphatic rings. The first-order chi connectivity index (χ1) is 9.22. The molecule has 0 saturated heterocycles. The fraction of sp³-hybridized carbons (Fsp3) is 0.400. The summed E-state index contributed by atoms with van der Waals surface area (Å²) < 4.78 is 2.07. The molecule has 0 amide bonds. The fourth-order valence-corrected chi connectivity index (χ4v) is 2.65. The number of likely N-dealkylation sites (N-methyl/N-ethyl adjacent to an activating group) is 1. The second-order valence-electron chi connectivity index (χ2n) is 4.77. The third-order valence-electron chi connectivity index (χ3n) is 3.43. The molecule has 0 aliphatic carbocycles. The molecule has 1 atom stereocenters. The average Bonchev–Trinajstić information content (AvgIpc) is 2.81. The highest BCUT2D eigenvalue weighted by atomic mass is 35.5. The van der Waals surface area contributed by atoms with Crippen LogP contribution in [-0.4, -0.2) is 23.1 Å². The normalized spacial score (nSPS) is 12.6. The van der Waals surface area contributed by atoms with E-state index in [1.807, 2.05) is 44.7 Å². The van der Waals surface area contributed by atoms with E-state index in [0.29, 0.717) is 5.92 Å². The first-order valence-electron chi connectivity index (χ1n) is 6.57. The van der Waals surface area contributed by atoms with E-state index in [0.717, 1.165) is 30.2 Å². The molecule has 1 aromatic carbocycles. The van der Waals surface area contributed by atoms with Gasteiger partial charge in [0.05, 0.1) is 0 Å². The van der Waals surface area contributed by atoms with Crippen molar-refractivity contribution in [2.75, 3.05) is 13.6 Å². The van der Waals surface area contributed by atoms with Crippen molar-refractivity contribution in [2.24, 2.45) is 7.05 Å². The lowest BCUT2D eigenvalue weighted by Gasteiger charge is -2.18. The van der Waals surface area contributed by atoms with Crippen molar-refractivity contribution in [3.8, 4) is 0 Å². The highest BCUT2D eigenvalue weighted by molar-refractivity contribution is 6.31. The molecular formula is C15H20ClN3. The predicted octanol–water partition coefficient (Wildman–Crippen LogP) is 3.01. The van der Waals surface area contributed by atoms with Crippen molar-refractivity contribution < 1.29 is 0 Å². The van der Waals surface area contributed by atoms with Crippen LogP contribution in [0.4, 0.5) is 0 Å². The Morgan fingerprint density at radius 2 is 2.16 bits per heavy atom. The lowest BCUT2D eigenvalue weighted by atomic mass is 9.94. The van der Waals surface area contributed by atoms with E-state index in [-0.39, 0.29) is 0 Å². The van der Waals surface area contributed by atoms with Gasteiger partial charge in [-0.15, -0.1) is 0 Å². The van der Waals surface area contributed by atoms with Crippen LogP contribution in [0, 0.1) is 0 Å². The van der Waals surface area contributed by atoms with Gasteiger partial charge in [0.2, 0.25) is 0 Å². The summed E-state index contributed by atoms with van der Waals surface area (Å²) in [5.41, 5.74) is 1.22. The number of rotatable bonds is 6. The molecule has 0 fully saturated rings. The minimum absolute atomic E-state index is 0.412. The van der Waals surface area contributed by atoms with Gasteiger partial charge in [0, 0.05) is 37.4 Å².